The maximum Gasteiger partial charge on any atom is 0.241 e. The van der Waals surface area contributed by atoms with E-state index >= 15 is 0 Å². The highest BCUT2D eigenvalue weighted by molar-refractivity contribution is 5.94. The van der Waals surface area contributed by atoms with E-state index in [1.54, 1.807) is 30.3 Å². The number of aryl methyl sites for hydroxylation is 1. The normalized spacial score (nSPS) is 11.7. The molecule has 120 valence electrons. The van der Waals surface area contributed by atoms with Crippen molar-refractivity contribution in [1.82, 2.24) is 10.2 Å². The zero-order valence-corrected chi connectivity index (χ0v) is 13.6. The number of aromatic amines is 1. The van der Waals surface area contributed by atoms with Gasteiger partial charge in [0.1, 0.15) is 5.75 Å². The monoisotopic (exact) mass is 324 g/mol. The molecule has 22 heavy (non-hydrogen) atoms. The van der Waals surface area contributed by atoms with E-state index in [1.165, 1.54) is 0 Å². The number of carbonyl (C=O) groups excluding carboxylic acids is 1. The van der Waals surface area contributed by atoms with Crippen molar-refractivity contribution in [2.45, 2.75) is 26.8 Å². The largest absolute Gasteiger partial charge is 0.438 e. The first-order valence-electron chi connectivity index (χ1n) is 6.82. The molecule has 6 nitrogen and oxygen atoms in total. The summed E-state index contributed by atoms with van der Waals surface area (Å²) in [5, 5.41) is 9.57. The Balaban J connectivity index is 0.00000242. The molecule has 1 amide bonds. The van der Waals surface area contributed by atoms with Crippen molar-refractivity contribution in [3.63, 3.8) is 0 Å². The summed E-state index contributed by atoms with van der Waals surface area (Å²) in [7, 11) is 0. The zero-order chi connectivity index (χ0) is 15.4. The Labute approximate surface area is 135 Å². The van der Waals surface area contributed by atoms with Gasteiger partial charge in [0.05, 0.1) is 6.04 Å². The second-order valence-corrected chi connectivity index (χ2v) is 5.27. The second-order valence-electron chi connectivity index (χ2n) is 5.27. The molecule has 0 fully saturated rings. The van der Waals surface area contributed by atoms with Crippen LogP contribution in [0.3, 0.4) is 0 Å². The molecule has 0 spiro atoms. The Morgan fingerprint density at radius 3 is 2.45 bits per heavy atom. The first-order chi connectivity index (χ1) is 9.95. The molecule has 7 heteroatoms. The lowest BCUT2D eigenvalue weighted by atomic mass is 10.1. The van der Waals surface area contributed by atoms with E-state index < -0.39 is 6.04 Å². The smallest absolute Gasteiger partial charge is 0.241 e. The molecule has 1 atom stereocenters. The van der Waals surface area contributed by atoms with Crippen LogP contribution in [0.25, 0.3) is 0 Å². The second kappa shape index (κ2) is 7.82. The fourth-order valence-electron chi connectivity index (χ4n) is 1.70. The third-order valence-electron chi connectivity index (χ3n) is 3.05. The molecule has 0 aliphatic rings. The van der Waals surface area contributed by atoms with Crippen molar-refractivity contribution in [2.24, 2.45) is 11.7 Å². The molecule has 1 aromatic heterocycles. The zero-order valence-electron chi connectivity index (χ0n) is 12.8. The topological polar surface area (TPSA) is 93.0 Å². The third kappa shape index (κ3) is 4.75. The Hall–Kier alpha value is -2.05. The Kier molecular flexibility index (Phi) is 6.39. The molecule has 0 bridgehead atoms. The molecule has 0 unspecified atom stereocenters. The van der Waals surface area contributed by atoms with Crippen LogP contribution in [0.15, 0.2) is 30.3 Å². The molecular weight excluding hydrogens is 304 g/mol. The summed E-state index contributed by atoms with van der Waals surface area (Å²) in [5.74, 6) is 1.05. The predicted molar refractivity (Wildman–Crippen MR) is 88.5 cm³/mol. The standard InChI is InChI=1S/C15H20N4O2.ClH/c1-9(2)14(16)15(20)17-11-4-6-12(7-5-11)21-13-8-10(3)18-19-13;/h4-9,14H,16H2,1-3H3,(H,17,20)(H,18,19);1H/t14-;/m0./s1. The van der Waals surface area contributed by atoms with Crippen LogP contribution in [0.1, 0.15) is 19.5 Å². The summed E-state index contributed by atoms with van der Waals surface area (Å²) in [6.07, 6.45) is 0. The molecule has 0 saturated heterocycles. The van der Waals surface area contributed by atoms with Crippen LogP contribution in [-0.4, -0.2) is 22.1 Å². The van der Waals surface area contributed by atoms with Crippen molar-refractivity contribution < 1.29 is 9.53 Å². The van der Waals surface area contributed by atoms with Gasteiger partial charge in [-0.1, -0.05) is 13.8 Å². The summed E-state index contributed by atoms with van der Waals surface area (Å²) in [6, 6.07) is 8.34. The molecule has 4 N–H and O–H groups in total. The number of carbonyl (C=O) groups is 1. The molecule has 0 saturated carbocycles. The van der Waals surface area contributed by atoms with Crippen molar-refractivity contribution in [1.29, 1.82) is 0 Å². The van der Waals surface area contributed by atoms with E-state index in [0.29, 0.717) is 17.3 Å². The maximum atomic E-state index is 11.9. The molecule has 2 aromatic rings. The van der Waals surface area contributed by atoms with E-state index in [2.05, 4.69) is 15.5 Å². The molecule has 0 radical (unpaired) electrons. The lowest BCUT2D eigenvalue weighted by molar-refractivity contribution is -0.118. The van der Waals surface area contributed by atoms with Gasteiger partial charge in [0.15, 0.2) is 0 Å². The predicted octanol–water partition coefficient (Wildman–Crippen LogP) is 2.85. The molecule has 0 aliphatic heterocycles. The number of nitrogens with one attached hydrogen (secondary N) is 2. The molecule has 1 heterocycles. The van der Waals surface area contributed by atoms with Gasteiger partial charge >= 0.3 is 0 Å². The van der Waals surface area contributed by atoms with Gasteiger partial charge in [-0.15, -0.1) is 17.5 Å². The Morgan fingerprint density at radius 1 is 1.32 bits per heavy atom. The number of H-pyrrole nitrogens is 1. The fraction of sp³-hybridized carbons (Fsp3) is 0.333. The average molecular weight is 325 g/mol. The number of anilines is 1. The summed E-state index contributed by atoms with van der Waals surface area (Å²) in [4.78, 5) is 11.9. The number of amides is 1. The summed E-state index contributed by atoms with van der Waals surface area (Å²) >= 11 is 0. The van der Waals surface area contributed by atoms with Gasteiger partial charge < -0.3 is 15.8 Å². The fourth-order valence-corrected chi connectivity index (χ4v) is 1.70. The highest BCUT2D eigenvalue weighted by Gasteiger charge is 2.17. The Bertz CT molecular complexity index is 610. The van der Waals surface area contributed by atoms with E-state index in [-0.39, 0.29) is 24.2 Å². The van der Waals surface area contributed by atoms with Crippen LogP contribution in [0, 0.1) is 12.8 Å². The highest BCUT2D eigenvalue weighted by Crippen LogP contribution is 2.21. The van der Waals surface area contributed by atoms with Gasteiger partial charge in [-0.25, -0.2) is 0 Å². The minimum Gasteiger partial charge on any atom is -0.438 e. The van der Waals surface area contributed by atoms with Crippen molar-refractivity contribution in [2.75, 3.05) is 5.32 Å². The van der Waals surface area contributed by atoms with Crippen LogP contribution >= 0.6 is 12.4 Å². The number of halogens is 1. The van der Waals surface area contributed by atoms with Gasteiger partial charge in [-0.2, -0.15) is 0 Å². The SMILES string of the molecule is Cc1cc(Oc2ccc(NC(=O)[C@@H](N)C(C)C)cc2)n[nH]1.Cl. The van der Waals surface area contributed by atoms with Gasteiger partial charge in [0.2, 0.25) is 11.8 Å². The van der Waals surface area contributed by atoms with Crippen LogP contribution < -0.4 is 15.8 Å². The molecule has 0 aliphatic carbocycles. The first kappa shape index (κ1) is 18.0. The van der Waals surface area contributed by atoms with Gasteiger partial charge in [0.25, 0.3) is 0 Å². The quantitative estimate of drug-likeness (QED) is 0.788. The number of hydrogen-bond donors (Lipinski definition) is 3. The number of nitrogens with two attached hydrogens (primary N) is 1. The number of aromatic nitrogens is 2. The van der Waals surface area contributed by atoms with Gasteiger partial charge in [0, 0.05) is 17.4 Å². The molecule has 2 rings (SSSR count). The van der Waals surface area contributed by atoms with Crippen molar-refractivity contribution >= 4 is 24.0 Å². The van der Waals surface area contributed by atoms with Crippen LogP contribution in [0.2, 0.25) is 0 Å². The van der Waals surface area contributed by atoms with Crippen LogP contribution in [0.4, 0.5) is 5.69 Å². The van der Waals surface area contributed by atoms with Gasteiger partial charge in [-0.3, -0.25) is 9.89 Å². The summed E-state index contributed by atoms with van der Waals surface area (Å²) in [5.41, 5.74) is 7.40. The number of nitrogens with zero attached hydrogens (tertiary/aromatic N) is 1. The number of hydrogen-bond acceptors (Lipinski definition) is 4. The lowest BCUT2D eigenvalue weighted by Gasteiger charge is -2.15. The van der Waals surface area contributed by atoms with E-state index in [9.17, 15) is 4.79 Å². The van der Waals surface area contributed by atoms with Gasteiger partial charge in [-0.05, 0) is 37.1 Å². The maximum absolute atomic E-state index is 11.9. The van der Waals surface area contributed by atoms with E-state index in [0.717, 1.165) is 5.69 Å². The van der Waals surface area contributed by atoms with Crippen molar-refractivity contribution in [3.8, 4) is 11.6 Å². The van der Waals surface area contributed by atoms with E-state index in [1.807, 2.05) is 20.8 Å². The number of benzene rings is 1. The lowest BCUT2D eigenvalue weighted by Crippen LogP contribution is -2.39. The van der Waals surface area contributed by atoms with Crippen LogP contribution in [-0.2, 0) is 4.79 Å². The highest BCUT2D eigenvalue weighted by atomic mass is 35.5. The van der Waals surface area contributed by atoms with E-state index in [4.69, 9.17) is 10.5 Å². The first-order valence-corrected chi connectivity index (χ1v) is 6.82. The number of ether oxygens (including phenoxy) is 1. The van der Waals surface area contributed by atoms with Crippen molar-refractivity contribution in [3.05, 3.63) is 36.0 Å². The summed E-state index contributed by atoms with van der Waals surface area (Å²) < 4.78 is 5.57. The average Bonchev–Trinajstić information content (AvgIpc) is 2.85. The minimum absolute atomic E-state index is 0. The molecule has 1 aromatic carbocycles. The number of rotatable bonds is 5. The Morgan fingerprint density at radius 2 is 1.95 bits per heavy atom. The molecular formula is C15H21ClN4O2. The summed E-state index contributed by atoms with van der Waals surface area (Å²) in [6.45, 7) is 5.72. The van der Waals surface area contributed by atoms with Crippen LogP contribution in [0.5, 0.6) is 11.6 Å². The minimum atomic E-state index is -0.520. The third-order valence-corrected chi connectivity index (χ3v) is 3.05.